The molecule has 0 saturated carbocycles. The Morgan fingerprint density at radius 1 is 1.05 bits per heavy atom. The maximum Gasteiger partial charge on any atom is 0.272 e. The summed E-state index contributed by atoms with van der Waals surface area (Å²) >= 11 is 17.8. The minimum atomic E-state index is -0.593. The minimum Gasteiger partial charge on any atom is -0.493 e. The number of methoxy groups -OCH3 is 1. The fraction of sp³-hybridized carbons (Fsp3) is 0.0769. The zero-order chi connectivity index (χ0) is 15.6. The molecular formula is C13H8Cl3NO4. The second-order valence-electron chi connectivity index (χ2n) is 3.89. The molecule has 110 valence electrons. The lowest BCUT2D eigenvalue weighted by molar-refractivity contribution is -0.384. The molecule has 0 amide bonds. The molecule has 0 N–H and O–H groups in total. The largest absolute Gasteiger partial charge is 0.493 e. The monoisotopic (exact) mass is 347 g/mol. The molecule has 0 aliphatic carbocycles. The summed E-state index contributed by atoms with van der Waals surface area (Å²) in [6.07, 6.45) is 0. The summed E-state index contributed by atoms with van der Waals surface area (Å²) in [5.41, 5.74) is -0.222. The van der Waals surface area contributed by atoms with Gasteiger partial charge in [0.05, 0.1) is 22.1 Å². The van der Waals surface area contributed by atoms with Crippen molar-refractivity contribution in [3.8, 4) is 17.2 Å². The topological polar surface area (TPSA) is 61.6 Å². The normalized spacial score (nSPS) is 10.3. The maximum absolute atomic E-state index is 10.7. The van der Waals surface area contributed by atoms with Gasteiger partial charge in [0.2, 0.25) is 0 Å². The third-order valence-electron chi connectivity index (χ3n) is 2.53. The van der Waals surface area contributed by atoms with Crippen LogP contribution in [0.3, 0.4) is 0 Å². The summed E-state index contributed by atoms with van der Waals surface area (Å²) in [5.74, 6) is 0.817. The van der Waals surface area contributed by atoms with Crippen molar-refractivity contribution in [3.63, 3.8) is 0 Å². The second-order valence-corrected chi connectivity index (χ2v) is 5.14. The van der Waals surface area contributed by atoms with Gasteiger partial charge in [-0.3, -0.25) is 10.1 Å². The van der Waals surface area contributed by atoms with Crippen molar-refractivity contribution in [1.29, 1.82) is 0 Å². The second kappa shape index (κ2) is 6.39. The van der Waals surface area contributed by atoms with E-state index in [2.05, 4.69) is 0 Å². The van der Waals surface area contributed by atoms with E-state index in [1.165, 1.54) is 7.11 Å². The zero-order valence-electron chi connectivity index (χ0n) is 10.6. The van der Waals surface area contributed by atoms with Gasteiger partial charge in [-0.25, -0.2) is 0 Å². The highest BCUT2D eigenvalue weighted by atomic mass is 35.5. The first-order valence-corrected chi connectivity index (χ1v) is 6.70. The molecule has 0 saturated heterocycles. The molecule has 0 fully saturated rings. The summed E-state index contributed by atoms with van der Waals surface area (Å²) in [5, 5.41) is 11.2. The molecule has 0 spiro atoms. The van der Waals surface area contributed by atoms with E-state index in [-0.39, 0.29) is 21.5 Å². The Morgan fingerprint density at radius 2 is 1.67 bits per heavy atom. The van der Waals surface area contributed by atoms with Crippen molar-refractivity contribution in [2.45, 2.75) is 0 Å². The minimum absolute atomic E-state index is 0.0196. The highest BCUT2D eigenvalue weighted by Gasteiger charge is 2.17. The van der Waals surface area contributed by atoms with Crippen LogP contribution in [0.25, 0.3) is 0 Å². The van der Waals surface area contributed by atoms with E-state index < -0.39 is 4.92 Å². The lowest BCUT2D eigenvalue weighted by Crippen LogP contribution is -1.93. The summed E-state index contributed by atoms with van der Waals surface area (Å²) < 4.78 is 10.7. The van der Waals surface area contributed by atoms with Gasteiger partial charge in [0.15, 0.2) is 17.2 Å². The highest BCUT2D eigenvalue weighted by molar-refractivity contribution is 6.37. The van der Waals surface area contributed by atoms with Crippen LogP contribution in [0.2, 0.25) is 15.1 Å². The number of hydrogen-bond donors (Lipinski definition) is 0. The van der Waals surface area contributed by atoms with Crippen molar-refractivity contribution >= 4 is 40.5 Å². The molecule has 21 heavy (non-hydrogen) atoms. The Balaban J connectivity index is 2.43. The number of nitrogens with zero attached hydrogens (tertiary/aromatic N) is 1. The fourth-order valence-corrected chi connectivity index (χ4v) is 2.30. The molecule has 0 unspecified atom stereocenters. The van der Waals surface area contributed by atoms with Crippen LogP contribution in [-0.2, 0) is 0 Å². The average Bonchev–Trinajstić information content (AvgIpc) is 2.43. The molecule has 0 atom stereocenters. The Morgan fingerprint density at radius 3 is 2.19 bits per heavy atom. The van der Waals surface area contributed by atoms with Crippen molar-refractivity contribution in [2.24, 2.45) is 0 Å². The Kier molecular flexibility index (Phi) is 4.77. The first-order chi connectivity index (χ1) is 9.92. The number of benzene rings is 2. The standard InChI is InChI=1S/C13H8Cl3NO4/c1-20-12-4-7(14)2-3-11(12)21-13-9(15)5-8(17(18)19)6-10(13)16/h2-6H,1H3. The van der Waals surface area contributed by atoms with Crippen LogP contribution in [0.4, 0.5) is 5.69 Å². The molecule has 0 aromatic heterocycles. The van der Waals surface area contributed by atoms with Crippen molar-refractivity contribution in [2.75, 3.05) is 7.11 Å². The predicted octanol–water partition coefficient (Wildman–Crippen LogP) is 5.36. The summed E-state index contributed by atoms with van der Waals surface area (Å²) in [7, 11) is 1.46. The van der Waals surface area contributed by atoms with Gasteiger partial charge in [-0.15, -0.1) is 0 Å². The van der Waals surface area contributed by atoms with Gasteiger partial charge in [-0.1, -0.05) is 34.8 Å². The highest BCUT2D eigenvalue weighted by Crippen LogP contribution is 2.42. The SMILES string of the molecule is COc1cc(Cl)ccc1Oc1c(Cl)cc([N+](=O)[O-])cc1Cl. The zero-order valence-corrected chi connectivity index (χ0v) is 12.9. The van der Waals surface area contributed by atoms with Crippen LogP contribution in [0.1, 0.15) is 0 Å². The van der Waals surface area contributed by atoms with Crippen molar-refractivity contribution in [1.82, 2.24) is 0 Å². The van der Waals surface area contributed by atoms with Gasteiger partial charge in [0.25, 0.3) is 5.69 Å². The van der Waals surface area contributed by atoms with Crippen LogP contribution in [0.5, 0.6) is 17.2 Å². The number of rotatable bonds is 4. The third-order valence-corrected chi connectivity index (χ3v) is 3.33. The van der Waals surface area contributed by atoms with Crippen molar-refractivity contribution < 1.29 is 14.4 Å². The van der Waals surface area contributed by atoms with Gasteiger partial charge in [0.1, 0.15) is 0 Å². The van der Waals surface area contributed by atoms with Gasteiger partial charge >= 0.3 is 0 Å². The first-order valence-electron chi connectivity index (χ1n) is 5.57. The molecule has 2 aromatic carbocycles. The smallest absolute Gasteiger partial charge is 0.272 e. The van der Waals surface area contributed by atoms with Crippen LogP contribution < -0.4 is 9.47 Å². The quantitative estimate of drug-likeness (QED) is 0.551. The lowest BCUT2D eigenvalue weighted by Gasteiger charge is -2.12. The van der Waals surface area contributed by atoms with Crippen LogP contribution in [-0.4, -0.2) is 12.0 Å². The lowest BCUT2D eigenvalue weighted by atomic mass is 10.3. The summed E-state index contributed by atoms with van der Waals surface area (Å²) in [6, 6.07) is 7.06. The molecule has 2 rings (SSSR count). The van der Waals surface area contributed by atoms with Gasteiger partial charge in [-0.2, -0.15) is 0 Å². The van der Waals surface area contributed by atoms with E-state index in [0.29, 0.717) is 16.5 Å². The molecule has 0 radical (unpaired) electrons. The van der Waals surface area contributed by atoms with E-state index in [9.17, 15) is 10.1 Å². The van der Waals surface area contributed by atoms with E-state index in [1.54, 1.807) is 18.2 Å². The Bertz CT molecular complexity index is 683. The van der Waals surface area contributed by atoms with Gasteiger partial charge in [0, 0.05) is 23.2 Å². The predicted molar refractivity (Wildman–Crippen MR) is 81.2 cm³/mol. The molecule has 2 aromatic rings. The van der Waals surface area contributed by atoms with E-state index in [1.807, 2.05) is 0 Å². The third kappa shape index (κ3) is 3.50. The number of non-ortho nitro benzene ring substituents is 1. The molecule has 0 aliphatic rings. The van der Waals surface area contributed by atoms with Crippen LogP contribution >= 0.6 is 34.8 Å². The number of hydrogen-bond acceptors (Lipinski definition) is 4. The van der Waals surface area contributed by atoms with E-state index in [4.69, 9.17) is 44.3 Å². The molecular weight excluding hydrogens is 341 g/mol. The number of ether oxygens (including phenoxy) is 2. The molecule has 0 heterocycles. The van der Waals surface area contributed by atoms with Gasteiger partial charge < -0.3 is 9.47 Å². The molecule has 5 nitrogen and oxygen atoms in total. The molecule has 0 aliphatic heterocycles. The fourth-order valence-electron chi connectivity index (χ4n) is 1.59. The number of halogens is 3. The van der Waals surface area contributed by atoms with Crippen LogP contribution in [0, 0.1) is 10.1 Å². The van der Waals surface area contributed by atoms with Crippen molar-refractivity contribution in [3.05, 3.63) is 55.5 Å². The summed E-state index contributed by atoms with van der Waals surface area (Å²) in [4.78, 5) is 10.1. The average molecular weight is 349 g/mol. The first kappa shape index (κ1) is 15.7. The van der Waals surface area contributed by atoms with Crippen LogP contribution in [0.15, 0.2) is 30.3 Å². The number of nitro groups is 1. The molecule has 0 bridgehead atoms. The van der Waals surface area contributed by atoms with E-state index in [0.717, 1.165) is 12.1 Å². The summed E-state index contributed by atoms with van der Waals surface area (Å²) in [6.45, 7) is 0. The molecule has 8 heteroatoms. The maximum atomic E-state index is 10.7. The van der Waals surface area contributed by atoms with E-state index >= 15 is 0 Å². The Labute approximate surface area is 135 Å². The van der Waals surface area contributed by atoms with Gasteiger partial charge in [-0.05, 0) is 12.1 Å². The number of nitro benzene ring substituents is 1. The Hall–Kier alpha value is -1.69.